The van der Waals surface area contributed by atoms with Crippen LogP contribution in [-0.2, 0) is 0 Å². The zero-order valence-electron chi connectivity index (χ0n) is 19.2. The molecule has 8 nitrogen and oxygen atoms in total. The third-order valence-corrected chi connectivity index (χ3v) is 6.75. The summed E-state index contributed by atoms with van der Waals surface area (Å²) in [6.07, 6.45) is 5.21. The van der Waals surface area contributed by atoms with Gasteiger partial charge in [0.1, 0.15) is 5.75 Å². The molecule has 5 rings (SSSR count). The Kier molecular flexibility index (Phi) is 5.61. The number of ether oxygens (including phenoxy) is 1. The number of hydrogen-bond acceptors (Lipinski definition) is 5. The van der Waals surface area contributed by atoms with Crippen LogP contribution in [0.2, 0.25) is 0 Å². The number of methoxy groups -OCH3 is 1. The van der Waals surface area contributed by atoms with Gasteiger partial charge < -0.3 is 20.1 Å². The Morgan fingerprint density at radius 3 is 2.74 bits per heavy atom. The molecule has 176 valence electrons. The Labute approximate surface area is 197 Å². The molecular formula is C26H28N4O4. The van der Waals surface area contributed by atoms with Crippen molar-refractivity contribution in [2.24, 2.45) is 0 Å². The van der Waals surface area contributed by atoms with Crippen molar-refractivity contribution in [3.05, 3.63) is 71.5 Å². The molecule has 2 aromatic carbocycles. The fraction of sp³-hybridized carbons (Fsp3) is 0.346. The molecule has 2 fully saturated rings. The molecule has 1 aliphatic heterocycles. The third kappa shape index (κ3) is 4.28. The van der Waals surface area contributed by atoms with E-state index < -0.39 is 6.10 Å². The van der Waals surface area contributed by atoms with E-state index in [4.69, 9.17) is 4.74 Å². The van der Waals surface area contributed by atoms with Gasteiger partial charge in [0, 0.05) is 40.5 Å². The van der Waals surface area contributed by atoms with Gasteiger partial charge in [0.25, 0.3) is 11.8 Å². The molecule has 34 heavy (non-hydrogen) atoms. The van der Waals surface area contributed by atoms with E-state index in [-0.39, 0.29) is 29.9 Å². The number of aromatic amines is 1. The monoisotopic (exact) mass is 460 g/mol. The summed E-state index contributed by atoms with van der Waals surface area (Å²) in [6, 6.07) is 12.3. The van der Waals surface area contributed by atoms with Crippen LogP contribution in [0.25, 0.3) is 11.1 Å². The molecule has 0 spiro atoms. The van der Waals surface area contributed by atoms with Crippen molar-refractivity contribution >= 4 is 11.8 Å². The highest BCUT2D eigenvalue weighted by atomic mass is 16.5. The smallest absolute Gasteiger partial charge is 0.254 e. The van der Waals surface area contributed by atoms with Crippen LogP contribution < -0.4 is 10.1 Å². The molecule has 1 aromatic heterocycles. The van der Waals surface area contributed by atoms with Crippen LogP contribution in [0.3, 0.4) is 0 Å². The van der Waals surface area contributed by atoms with E-state index in [0.717, 1.165) is 29.5 Å². The number of aliphatic hydroxyl groups is 1. The van der Waals surface area contributed by atoms with Gasteiger partial charge in [-0.3, -0.25) is 14.7 Å². The van der Waals surface area contributed by atoms with Crippen LogP contribution in [0.5, 0.6) is 5.75 Å². The number of nitrogens with zero attached hydrogens (tertiary/aromatic N) is 2. The largest absolute Gasteiger partial charge is 0.496 e. The van der Waals surface area contributed by atoms with Gasteiger partial charge >= 0.3 is 0 Å². The molecule has 3 N–H and O–H groups in total. The Bertz CT molecular complexity index is 1220. The van der Waals surface area contributed by atoms with Gasteiger partial charge in [0.05, 0.1) is 25.5 Å². The molecule has 2 amide bonds. The fourth-order valence-corrected chi connectivity index (χ4v) is 4.53. The number of aromatic nitrogens is 2. The molecule has 2 aliphatic rings. The van der Waals surface area contributed by atoms with Crippen LogP contribution in [0.4, 0.5) is 0 Å². The minimum Gasteiger partial charge on any atom is -0.496 e. The topological polar surface area (TPSA) is 108 Å². The maximum atomic E-state index is 13.5. The van der Waals surface area contributed by atoms with E-state index in [1.165, 1.54) is 0 Å². The average molecular weight is 461 g/mol. The lowest BCUT2D eigenvalue weighted by atomic mass is 10.00. The lowest BCUT2D eigenvalue weighted by molar-refractivity contribution is 0.0715. The quantitative estimate of drug-likeness (QED) is 0.523. The second-order valence-corrected chi connectivity index (χ2v) is 9.41. The zero-order valence-corrected chi connectivity index (χ0v) is 19.2. The van der Waals surface area contributed by atoms with Gasteiger partial charge in [-0.1, -0.05) is 12.1 Å². The summed E-state index contributed by atoms with van der Waals surface area (Å²) in [5.41, 5.74) is 3.44. The fourth-order valence-electron chi connectivity index (χ4n) is 4.53. The summed E-state index contributed by atoms with van der Waals surface area (Å²) in [5, 5.41) is 20.3. The van der Waals surface area contributed by atoms with E-state index in [2.05, 4.69) is 15.5 Å². The number of nitrogens with one attached hydrogen (secondary N) is 2. The van der Waals surface area contributed by atoms with E-state index in [9.17, 15) is 14.7 Å². The van der Waals surface area contributed by atoms with Gasteiger partial charge in [0.2, 0.25) is 0 Å². The number of benzene rings is 2. The second kappa shape index (κ2) is 8.61. The summed E-state index contributed by atoms with van der Waals surface area (Å²) in [4.78, 5) is 27.9. The second-order valence-electron chi connectivity index (χ2n) is 9.41. The van der Waals surface area contributed by atoms with Crippen molar-refractivity contribution < 1.29 is 19.4 Å². The molecule has 1 saturated carbocycles. The zero-order chi connectivity index (χ0) is 23.9. The van der Waals surface area contributed by atoms with Crippen molar-refractivity contribution in [1.82, 2.24) is 20.4 Å². The standard InChI is InChI=1S/C26H28N4O4/c1-26(8-9-26)29-24(32)17-5-3-4-16(10-17)22-12-20(31)15-30(22)25(33)18-6-7-21(23(11-18)34-2)19-13-27-28-14-19/h3-7,10-11,13-14,20,22,31H,8-9,12,15H2,1-2H3,(H,27,28)(H,29,32)/t20?,22-/m1/s1. The van der Waals surface area contributed by atoms with Crippen molar-refractivity contribution in [2.75, 3.05) is 13.7 Å². The highest BCUT2D eigenvalue weighted by Gasteiger charge is 2.39. The first-order chi connectivity index (χ1) is 16.4. The number of β-amino-alcohol motifs (C(OH)–C–C–N with tert-alkyl or cyclic N) is 1. The average Bonchev–Trinajstić information content (AvgIpc) is 3.21. The van der Waals surface area contributed by atoms with Crippen molar-refractivity contribution in [2.45, 2.75) is 43.9 Å². The van der Waals surface area contributed by atoms with Crippen LogP contribution in [0.1, 0.15) is 58.5 Å². The molecule has 1 aliphatic carbocycles. The third-order valence-electron chi connectivity index (χ3n) is 6.75. The van der Waals surface area contributed by atoms with Crippen LogP contribution >= 0.6 is 0 Å². The van der Waals surface area contributed by atoms with Crippen LogP contribution in [0, 0.1) is 0 Å². The van der Waals surface area contributed by atoms with Crippen molar-refractivity contribution in [3.8, 4) is 16.9 Å². The number of rotatable bonds is 6. The molecule has 8 heteroatoms. The minimum atomic E-state index is -0.635. The number of likely N-dealkylation sites (tertiary alicyclic amines) is 1. The maximum Gasteiger partial charge on any atom is 0.254 e. The molecule has 0 radical (unpaired) electrons. The summed E-state index contributed by atoms with van der Waals surface area (Å²) < 4.78 is 5.54. The van der Waals surface area contributed by atoms with Crippen LogP contribution in [0.15, 0.2) is 54.9 Å². The number of amides is 2. The number of aliphatic hydroxyl groups excluding tert-OH is 1. The van der Waals surface area contributed by atoms with E-state index in [0.29, 0.717) is 23.3 Å². The number of hydrogen-bond donors (Lipinski definition) is 3. The van der Waals surface area contributed by atoms with Gasteiger partial charge in [0.15, 0.2) is 0 Å². The maximum absolute atomic E-state index is 13.5. The first-order valence-corrected chi connectivity index (χ1v) is 11.5. The normalized spacial score (nSPS) is 20.7. The van der Waals surface area contributed by atoms with Gasteiger partial charge in [-0.15, -0.1) is 0 Å². The van der Waals surface area contributed by atoms with Gasteiger partial charge in [-0.25, -0.2) is 0 Å². The molecule has 2 heterocycles. The number of carbonyl (C=O) groups excluding carboxylic acids is 2. The molecule has 1 saturated heterocycles. The molecule has 0 bridgehead atoms. The Morgan fingerprint density at radius 1 is 1.21 bits per heavy atom. The molecule has 1 unspecified atom stereocenters. The summed E-state index contributed by atoms with van der Waals surface area (Å²) in [6.45, 7) is 2.26. The number of H-pyrrole nitrogens is 1. The molecule has 3 aromatic rings. The molecular weight excluding hydrogens is 432 g/mol. The predicted molar refractivity (Wildman–Crippen MR) is 127 cm³/mol. The first kappa shape index (κ1) is 22.2. The number of carbonyl (C=O) groups is 2. The Morgan fingerprint density at radius 2 is 2.03 bits per heavy atom. The Hall–Kier alpha value is -3.65. The first-order valence-electron chi connectivity index (χ1n) is 11.5. The summed E-state index contributed by atoms with van der Waals surface area (Å²) in [5.74, 6) is 0.257. The van der Waals surface area contributed by atoms with E-state index >= 15 is 0 Å². The van der Waals surface area contributed by atoms with Gasteiger partial charge in [-0.05, 0) is 62.1 Å². The lowest BCUT2D eigenvalue weighted by Gasteiger charge is -2.25. The summed E-state index contributed by atoms with van der Waals surface area (Å²) >= 11 is 0. The van der Waals surface area contributed by atoms with Crippen molar-refractivity contribution in [3.63, 3.8) is 0 Å². The lowest BCUT2D eigenvalue weighted by Crippen LogP contribution is -2.34. The van der Waals surface area contributed by atoms with Gasteiger partial charge in [-0.2, -0.15) is 5.10 Å². The predicted octanol–water partition coefficient (Wildman–Crippen LogP) is 3.32. The van der Waals surface area contributed by atoms with E-state index in [1.54, 1.807) is 42.6 Å². The van der Waals surface area contributed by atoms with E-state index in [1.807, 2.05) is 31.2 Å². The SMILES string of the molecule is COc1cc(C(=O)N2CC(O)C[C@@H]2c2cccc(C(=O)NC3(C)CC3)c2)ccc1-c1cn[nH]c1. The van der Waals surface area contributed by atoms with Crippen LogP contribution in [-0.4, -0.2) is 57.3 Å². The minimum absolute atomic E-state index is 0.111. The highest BCUT2D eigenvalue weighted by Crippen LogP contribution is 2.37. The highest BCUT2D eigenvalue weighted by molar-refractivity contribution is 5.97. The summed E-state index contributed by atoms with van der Waals surface area (Å²) in [7, 11) is 1.56. The van der Waals surface area contributed by atoms with Crippen molar-refractivity contribution in [1.29, 1.82) is 0 Å². The molecule has 2 atom stereocenters. The Balaban J connectivity index is 1.41.